The molecule has 1 heterocycles. The predicted octanol–water partition coefficient (Wildman–Crippen LogP) is -1.77. The van der Waals surface area contributed by atoms with Crippen molar-refractivity contribution in [3.8, 4) is 0 Å². The lowest BCUT2D eigenvalue weighted by molar-refractivity contribution is -0.664. The molecule has 0 aliphatic heterocycles. The zero-order valence-electron chi connectivity index (χ0n) is 4.27. The lowest BCUT2D eigenvalue weighted by atomic mass is 10.9. The van der Waals surface area contributed by atoms with Crippen LogP contribution >= 0.6 is 22.9 Å². The number of halogens is 2. The average molecular weight is 170 g/mol. The van der Waals surface area contributed by atoms with Crippen LogP contribution in [-0.2, 0) is 7.05 Å². The Kier molecular flexibility index (Phi) is 3.36. The lowest BCUT2D eigenvalue weighted by Crippen LogP contribution is -3.00. The highest BCUT2D eigenvalue weighted by atomic mass is 35.5. The second-order valence-electron chi connectivity index (χ2n) is 1.27. The molecule has 8 heavy (non-hydrogen) atoms. The van der Waals surface area contributed by atoms with Crippen LogP contribution in [0.3, 0.4) is 0 Å². The van der Waals surface area contributed by atoms with Gasteiger partial charge >= 0.3 is 4.47 Å². The number of aromatic nitrogens is 1. The molecule has 0 N–H and O–H groups in total. The van der Waals surface area contributed by atoms with Crippen molar-refractivity contribution in [2.45, 2.75) is 0 Å². The first-order chi connectivity index (χ1) is 3.30. The van der Waals surface area contributed by atoms with Gasteiger partial charge in [-0.05, 0) is 0 Å². The van der Waals surface area contributed by atoms with Crippen LogP contribution in [0.25, 0.3) is 0 Å². The first kappa shape index (κ1) is 8.21. The van der Waals surface area contributed by atoms with Gasteiger partial charge in [0.2, 0.25) is 0 Å². The molecular formula is C4H5Cl2NS. The highest BCUT2D eigenvalue weighted by Crippen LogP contribution is 2.06. The number of hydrogen-bond acceptors (Lipinski definition) is 1. The molecule has 0 aliphatic carbocycles. The number of rotatable bonds is 0. The van der Waals surface area contributed by atoms with E-state index in [1.54, 1.807) is 0 Å². The summed E-state index contributed by atoms with van der Waals surface area (Å²) in [5.41, 5.74) is 0. The summed E-state index contributed by atoms with van der Waals surface area (Å²) < 4.78 is 2.69. The molecule has 0 bridgehead atoms. The second kappa shape index (κ2) is 3.28. The Morgan fingerprint density at radius 2 is 2.38 bits per heavy atom. The summed E-state index contributed by atoms with van der Waals surface area (Å²) in [6.07, 6.45) is 1.92. The van der Waals surface area contributed by atoms with Gasteiger partial charge in [-0.3, -0.25) is 0 Å². The van der Waals surface area contributed by atoms with E-state index in [1.807, 2.05) is 23.2 Å². The van der Waals surface area contributed by atoms with Crippen LogP contribution in [0.2, 0.25) is 4.47 Å². The van der Waals surface area contributed by atoms with E-state index >= 15 is 0 Å². The Morgan fingerprint density at radius 3 is 2.50 bits per heavy atom. The summed E-state index contributed by atoms with van der Waals surface area (Å²) in [5, 5.41) is 1.95. The molecule has 1 aromatic rings. The van der Waals surface area contributed by atoms with E-state index < -0.39 is 0 Å². The predicted molar refractivity (Wildman–Crippen MR) is 30.5 cm³/mol. The van der Waals surface area contributed by atoms with Crippen molar-refractivity contribution in [2.75, 3.05) is 0 Å². The van der Waals surface area contributed by atoms with E-state index in [1.165, 1.54) is 11.3 Å². The SMILES string of the molecule is C[n+]1ccsc1Cl.[Cl-]. The third kappa shape index (κ3) is 1.62. The van der Waals surface area contributed by atoms with Gasteiger partial charge < -0.3 is 12.4 Å². The highest BCUT2D eigenvalue weighted by Gasteiger charge is 1.99. The summed E-state index contributed by atoms with van der Waals surface area (Å²) in [7, 11) is 1.92. The molecule has 0 spiro atoms. The number of hydrogen-bond donors (Lipinski definition) is 0. The molecule has 0 atom stereocenters. The average Bonchev–Trinajstić information content (AvgIpc) is 1.91. The first-order valence-corrected chi connectivity index (χ1v) is 3.15. The van der Waals surface area contributed by atoms with Gasteiger partial charge in [0.25, 0.3) is 0 Å². The second-order valence-corrected chi connectivity index (χ2v) is 2.74. The fourth-order valence-corrected chi connectivity index (χ4v) is 1.11. The Hall–Kier alpha value is 0.210. The van der Waals surface area contributed by atoms with E-state index in [4.69, 9.17) is 11.6 Å². The van der Waals surface area contributed by atoms with Gasteiger partial charge in [-0.2, -0.15) is 4.57 Å². The Bertz CT molecular complexity index is 146. The summed E-state index contributed by atoms with van der Waals surface area (Å²) >= 11 is 7.14. The Morgan fingerprint density at radius 1 is 1.75 bits per heavy atom. The molecule has 0 amide bonds. The standard InChI is InChI=1S/C4H5ClNS.ClH/c1-6-2-3-7-4(6)5;/h2-3H,1H3;1H/q+1;/p-1. The summed E-state index contributed by atoms with van der Waals surface area (Å²) in [4.78, 5) is 0. The van der Waals surface area contributed by atoms with Gasteiger partial charge in [0, 0.05) is 11.6 Å². The van der Waals surface area contributed by atoms with Crippen molar-refractivity contribution in [3.05, 3.63) is 16.0 Å². The zero-order chi connectivity index (χ0) is 5.28. The van der Waals surface area contributed by atoms with Crippen molar-refractivity contribution in [3.63, 3.8) is 0 Å². The molecule has 0 aliphatic rings. The van der Waals surface area contributed by atoms with Gasteiger partial charge in [0.1, 0.15) is 7.05 Å². The normalized spacial score (nSPS) is 8.25. The van der Waals surface area contributed by atoms with E-state index in [0.29, 0.717) is 0 Å². The maximum atomic E-state index is 5.61. The van der Waals surface area contributed by atoms with E-state index in [2.05, 4.69) is 0 Å². The van der Waals surface area contributed by atoms with Crippen LogP contribution in [0.15, 0.2) is 11.6 Å². The van der Waals surface area contributed by atoms with Crippen LogP contribution in [0.4, 0.5) is 0 Å². The molecule has 0 saturated carbocycles. The molecule has 4 heteroatoms. The monoisotopic (exact) mass is 169 g/mol. The Labute approximate surface area is 63.3 Å². The Balaban J connectivity index is 0.000000490. The van der Waals surface area contributed by atoms with Gasteiger partial charge in [-0.1, -0.05) is 11.3 Å². The molecular weight excluding hydrogens is 165 g/mol. The molecule has 0 radical (unpaired) electrons. The smallest absolute Gasteiger partial charge is 0.332 e. The van der Waals surface area contributed by atoms with E-state index in [-0.39, 0.29) is 12.4 Å². The number of nitrogens with zero attached hydrogens (tertiary/aromatic N) is 1. The minimum absolute atomic E-state index is 0. The largest absolute Gasteiger partial charge is 1.00 e. The molecule has 0 unspecified atom stereocenters. The molecule has 0 aromatic carbocycles. The third-order valence-electron chi connectivity index (χ3n) is 0.727. The molecule has 46 valence electrons. The lowest BCUT2D eigenvalue weighted by Gasteiger charge is -1.71. The summed E-state index contributed by atoms with van der Waals surface area (Å²) in [5.74, 6) is 0. The van der Waals surface area contributed by atoms with Gasteiger partial charge in [-0.25, -0.2) is 0 Å². The minimum atomic E-state index is 0. The highest BCUT2D eigenvalue weighted by molar-refractivity contribution is 7.13. The van der Waals surface area contributed by atoms with E-state index in [9.17, 15) is 0 Å². The van der Waals surface area contributed by atoms with Crippen LogP contribution in [0, 0.1) is 0 Å². The third-order valence-corrected chi connectivity index (χ3v) is 2.00. The van der Waals surface area contributed by atoms with Gasteiger partial charge in [-0.15, -0.1) is 0 Å². The van der Waals surface area contributed by atoms with Crippen molar-refractivity contribution in [1.82, 2.24) is 0 Å². The van der Waals surface area contributed by atoms with Crippen LogP contribution in [0.1, 0.15) is 0 Å². The zero-order valence-corrected chi connectivity index (χ0v) is 6.59. The maximum Gasteiger partial charge on any atom is 0.332 e. The van der Waals surface area contributed by atoms with Crippen molar-refractivity contribution in [1.29, 1.82) is 0 Å². The minimum Gasteiger partial charge on any atom is -1.00 e. The van der Waals surface area contributed by atoms with Crippen molar-refractivity contribution in [2.24, 2.45) is 7.05 Å². The number of thiazole rings is 1. The number of aryl methyl sites for hydroxylation is 1. The molecule has 1 rings (SSSR count). The van der Waals surface area contributed by atoms with Crippen molar-refractivity contribution < 1.29 is 17.0 Å². The fourth-order valence-electron chi connectivity index (χ4n) is 0.320. The summed E-state index contributed by atoms with van der Waals surface area (Å²) in [6.45, 7) is 0. The van der Waals surface area contributed by atoms with Crippen LogP contribution in [-0.4, -0.2) is 0 Å². The van der Waals surface area contributed by atoms with Gasteiger partial charge in [0.05, 0.1) is 5.38 Å². The maximum absolute atomic E-state index is 5.61. The van der Waals surface area contributed by atoms with Crippen LogP contribution in [0.5, 0.6) is 0 Å². The topological polar surface area (TPSA) is 3.88 Å². The first-order valence-electron chi connectivity index (χ1n) is 1.89. The van der Waals surface area contributed by atoms with Crippen molar-refractivity contribution >= 4 is 22.9 Å². The molecule has 1 nitrogen and oxygen atoms in total. The fraction of sp³-hybridized carbons (Fsp3) is 0.250. The summed E-state index contributed by atoms with van der Waals surface area (Å²) in [6, 6.07) is 0. The molecule has 0 saturated heterocycles. The van der Waals surface area contributed by atoms with E-state index in [0.717, 1.165) is 4.47 Å². The molecule has 0 fully saturated rings. The van der Waals surface area contributed by atoms with Crippen LogP contribution < -0.4 is 17.0 Å². The van der Waals surface area contributed by atoms with Gasteiger partial charge in [0.15, 0.2) is 6.20 Å². The molecule has 1 aromatic heterocycles. The quantitative estimate of drug-likeness (QED) is 0.406.